The molecule has 0 spiro atoms. The fourth-order valence-corrected chi connectivity index (χ4v) is 5.03. The largest absolute Gasteiger partial charge is 0.369 e. The number of hydrogen-bond donors (Lipinski definition) is 1. The Morgan fingerprint density at radius 2 is 1.53 bits per heavy atom. The van der Waals surface area contributed by atoms with Gasteiger partial charge in [-0.15, -0.1) is 0 Å². The Balaban J connectivity index is 1.20. The van der Waals surface area contributed by atoms with Crippen LogP contribution >= 0.6 is 0 Å². The SMILES string of the molecule is CNC(=O)c1ccc(N2CCN(CC(=O)N3CCN(C4CCCC4)CC3)CC2)cc1. The maximum atomic E-state index is 12.8. The van der Waals surface area contributed by atoms with Gasteiger partial charge in [0.1, 0.15) is 0 Å². The molecule has 0 radical (unpaired) electrons. The lowest BCUT2D eigenvalue weighted by Gasteiger charge is -2.40. The molecule has 2 aliphatic heterocycles. The third-order valence-corrected chi connectivity index (χ3v) is 6.96. The van der Waals surface area contributed by atoms with Crippen molar-refractivity contribution in [2.24, 2.45) is 0 Å². The van der Waals surface area contributed by atoms with Gasteiger partial charge >= 0.3 is 0 Å². The van der Waals surface area contributed by atoms with Crippen LogP contribution in [0.3, 0.4) is 0 Å². The van der Waals surface area contributed by atoms with E-state index >= 15 is 0 Å². The van der Waals surface area contributed by atoms with E-state index < -0.39 is 0 Å². The summed E-state index contributed by atoms with van der Waals surface area (Å²) in [4.78, 5) is 33.8. The van der Waals surface area contributed by atoms with Crippen molar-refractivity contribution in [3.63, 3.8) is 0 Å². The zero-order chi connectivity index (χ0) is 20.9. The average molecular weight is 414 g/mol. The Labute approximate surface area is 180 Å². The van der Waals surface area contributed by atoms with Gasteiger partial charge in [0, 0.05) is 76.7 Å². The first-order valence-corrected chi connectivity index (χ1v) is 11.5. The lowest BCUT2D eigenvalue weighted by Crippen LogP contribution is -2.55. The van der Waals surface area contributed by atoms with Gasteiger partial charge in [-0.2, -0.15) is 0 Å². The van der Waals surface area contributed by atoms with Gasteiger partial charge in [-0.1, -0.05) is 12.8 Å². The highest BCUT2D eigenvalue weighted by Crippen LogP contribution is 2.24. The minimum Gasteiger partial charge on any atom is -0.369 e. The number of carbonyl (C=O) groups excluding carboxylic acids is 2. The number of amides is 2. The lowest BCUT2D eigenvalue weighted by atomic mass is 10.1. The second kappa shape index (κ2) is 9.79. The van der Waals surface area contributed by atoms with Gasteiger partial charge in [0.25, 0.3) is 5.91 Å². The van der Waals surface area contributed by atoms with Crippen molar-refractivity contribution >= 4 is 17.5 Å². The normalized spacial score (nSPS) is 21.8. The molecule has 0 bridgehead atoms. The van der Waals surface area contributed by atoms with Crippen LogP contribution in [0.1, 0.15) is 36.0 Å². The molecule has 3 fully saturated rings. The second-order valence-electron chi connectivity index (χ2n) is 8.74. The molecular weight excluding hydrogens is 378 g/mol. The van der Waals surface area contributed by atoms with E-state index in [1.54, 1.807) is 7.05 Å². The second-order valence-corrected chi connectivity index (χ2v) is 8.74. The molecule has 1 aliphatic carbocycles. The Hall–Kier alpha value is -2.12. The van der Waals surface area contributed by atoms with Gasteiger partial charge in [-0.25, -0.2) is 0 Å². The van der Waals surface area contributed by atoms with E-state index in [1.165, 1.54) is 25.7 Å². The zero-order valence-corrected chi connectivity index (χ0v) is 18.2. The van der Waals surface area contributed by atoms with Crippen molar-refractivity contribution < 1.29 is 9.59 Å². The average Bonchev–Trinajstić information content (AvgIpc) is 3.34. The molecular formula is C23H35N5O2. The molecule has 0 unspecified atom stereocenters. The molecule has 7 nitrogen and oxygen atoms in total. The molecule has 0 aromatic heterocycles. The highest BCUT2D eigenvalue weighted by molar-refractivity contribution is 5.94. The van der Waals surface area contributed by atoms with Crippen LogP contribution in [-0.4, -0.2) is 98.5 Å². The van der Waals surface area contributed by atoms with Gasteiger partial charge in [0.15, 0.2) is 0 Å². The summed E-state index contributed by atoms with van der Waals surface area (Å²) in [7, 11) is 1.65. The van der Waals surface area contributed by atoms with E-state index in [9.17, 15) is 9.59 Å². The van der Waals surface area contributed by atoms with E-state index in [0.717, 1.165) is 64.1 Å². The van der Waals surface area contributed by atoms with Gasteiger partial charge < -0.3 is 15.1 Å². The smallest absolute Gasteiger partial charge is 0.251 e. The van der Waals surface area contributed by atoms with E-state index in [1.807, 2.05) is 24.3 Å². The molecule has 164 valence electrons. The van der Waals surface area contributed by atoms with Crippen LogP contribution in [-0.2, 0) is 4.79 Å². The fraction of sp³-hybridized carbons (Fsp3) is 0.652. The Morgan fingerprint density at radius 3 is 2.13 bits per heavy atom. The van der Waals surface area contributed by atoms with Crippen LogP contribution in [0.2, 0.25) is 0 Å². The van der Waals surface area contributed by atoms with Gasteiger partial charge in [-0.3, -0.25) is 19.4 Å². The summed E-state index contributed by atoms with van der Waals surface area (Å²) in [5.74, 6) is 0.221. The number of hydrogen-bond acceptors (Lipinski definition) is 5. The minimum absolute atomic E-state index is 0.0612. The number of anilines is 1. The summed E-state index contributed by atoms with van der Waals surface area (Å²) in [6.07, 6.45) is 5.42. The molecule has 1 aromatic carbocycles. The van der Waals surface area contributed by atoms with Gasteiger partial charge in [-0.05, 0) is 37.1 Å². The first kappa shape index (κ1) is 21.1. The number of carbonyl (C=O) groups is 2. The van der Waals surface area contributed by atoms with Crippen LogP contribution in [0.25, 0.3) is 0 Å². The van der Waals surface area contributed by atoms with E-state index in [0.29, 0.717) is 12.1 Å². The van der Waals surface area contributed by atoms with Crippen LogP contribution < -0.4 is 10.2 Å². The standard InChI is InChI=1S/C23H35N5O2/c1-24-23(30)19-6-8-21(9-7-19)26-12-10-25(11-13-26)18-22(29)28-16-14-27(15-17-28)20-4-2-3-5-20/h6-9,20H,2-5,10-18H2,1H3,(H,24,30). The summed E-state index contributed by atoms with van der Waals surface area (Å²) >= 11 is 0. The van der Waals surface area contributed by atoms with E-state index in [4.69, 9.17) is 0 Å². The summed E-state index contributed by atoms with van der Waals surface area (Å²) in [5, 5.41) is 2.65. The fourth-order valence-electron chi connectivity index (χ4n) is 5.03. The van der Waals surface area contributed by atoms with Crippen LogP contribution in [0.4, 0.5) is 5.69 Å². The molecule has 0 atom stereocenters. The maximum Gasteiger partial charge on any atom is 0.251 e. The number of piperazine rings is 2. The van der Waals surface area contributed by atoms with Crippen molar-refractivity contribution in [2.75, 3.05) is 70.9 Å². The van der Waals surface area contributed by atoms with Crippen molar-refractivity contribution in [1.82, 2.24) is 20.0 Å². The molecule has 1 N–H and O–H groups in total. The molecule has 3 aliphatic rings. The monoisotopic (exact) mass is 413 g/mol. The minimum atomic E-state index is -0.0612. The van der Waals surface area contributed by atoms with Crippen LogP contribution in [0, 0.1) is 0 Å². The van der Waals surface area contributed by atoms with Crippen molar-refractivity contribution in [3.05, 3.63) is 29.8 Å². The third kappa shape index (κ3) is 4.95. The van der Waals surface area contributed by atoms with E-state index in [-0.39, 0.29) is 11.8 Å². The molecule has 2 saturated heterocycles. The molecule has 7 heteroatoms. The van der Waals surface area contributed by atoms with Crippen LogP contribution in [0.15, 0.2) is 24.3 Å². The predicted molar refractivity (Wildman–Crippen MR) is 119 cm³/mol. The van der Waals surface area contributed by atoms with Crippen LogP contribution in [0.5, 0.6) is 0 Å². The number of nitrogens with zero attached hydrogens (tertiary/aromatic N) is 4. The highest BCUT2D eigenvalue weighted by Gasteiger charge is 2.29. The zero-order valence-electron chi connectivity index (χ0n) is 18.2. The molecule has 4 rings (SSSR count). The van der Waals surface area contributed by atoms with Gasteiger partial charge in [0.05, 0.1) is 6.54 Å². The topological polar surface area (TPSA) is 59.1 Å². The summed E-state index contributed by atoms with van der Waals surface area (Å²) in [6.45, 7) is 7.97. The van der Waals surface area contributed by atoms with Gasteiger partial charge in [0.2, 0.25) is 5.91 Å². The Bertz CT molecular complexity index is 716. The third-order valence-electron chi connectivity index (χ3n) is 6.96. The molecule has 30 heavy (non-hydrogen) atoms. The molecule has 2 amide bonds. The Morgan fingerprint density at radius 1 is 0.900 bits per heavy atom. The lowest BCUT2D eigenvalue weighted by molar-refractivity contribution is -0.134. The summed E-state index contributed by atoms with van der Waals surface area (Å²) in [5.41, 5.74) is 1.81. The van der Waals surface area contributed by atoms with E-state index in [2.05, 4.69) is 24.9 Å². The first-order chi connectivity index (χ1) is 14.6. The number of rotatable bonds is 5. The quantitative estimate of drug-likeness (QED) is 0.788. The number of benzene rings is 1. The summed E-state index contributed by atoms with van der Waals surface area (Å²) < 4.78 is 0. The number of nitrogens with one attached hydrogen (secondary N) is 1. The molecule has 1 aromatic rings. The highest BCUT2D eigenvalue weighted by atomic mass is 16.2. The molecule has 2 heterocycles. The van der Waals surface area contributed by atoms with Crippen molar-refractivity contribution in [2.45, 2.75) is 31.7 Å². The van der Waals surface area contributed by atoms with Crippen molar-refractivity contribution in [3.8, 4) is 0 Å². The predicted octanol–water partition coefficient (Wildman–Crippen LogP) is 1.26. The first-order valence-electron chi connectivity index (χ1n) is 11.5. The van der Waals surface area contributed by atoms with Crippen molar-refractivity contribution in [1.29, 1.82) is 0 Å². The maximum absolute atomic E-state index is 12.8. The molecule has 1 saturated carbocycles. The Kier molecular flexibility index (Phi) is 6.89. The summed E-state index contributed by atoms with van der Waals surface area (Å²) in [6, 6.07) is 8.52.